The Morgan fingerprint density at radius 3 is 3.00 bits per heavy atom. The Morgan fingerprint density at radius 1 is 1.50 bits per heavy atom. The standard InChI is InChI=1S/C15H23FN2O2/c1-2-6-20-15-8-14(13(17)7-12(15)16)18-5-3-4-11(9-18)10-19/h7-8,11,19H,2-6,9-10,17H2,1H3. The zero-order valence-corrected chi connectivity index (χ0v) is 11.9. The third kappa shape index (κ3) is 3.33. The molecule has 1 aromatic carbocycles. The van der Waals surface area contributed by atoms with Crippen LogP contribution in [0, 0.1) is 11.7 Å². The fourth-order valence-electron chi connectivity index (χ4n) is 2.59. The summed E-state index contributed by atoms with van der Waals surface area (Å²) in [5, 5.41) is 9.30. The van der Waals surface area contributed by atoms with Crippen LogP contribution < -0.4 is 15.4 Å². The number of ether oxygens (including phenoxy) is 1. The van der Waals surface area contributed by atoms with Gasteiger partial charge < -0.3 is 20.5 Å². The second-order valence-electron chi connectivity index (χ2n) is 5.33. The molecule has 1 unspecified atom stereocenters. The van der Waals surface area contributed by atoms with Gasteiger partial charge in [0.1, 0.15) is 0 Å². The van der Waals surface area contributed by atoms with E-state index < -0.39 is 5.82 Å². The van der Waals surface area contributed by atoms with E-state index in [4.69, 9.17) is 10.5 Å². The van der Waals surface area contributed by atoms with Gasteiger partial charge >= 0.3 is 0 Å². The van der Waals surface area contributed by atoms with E-state index in [1.54, 1.807) is 6.07 Å². The molecule has 4 nitrogen and oxygen atoms in total. The van der Waals surface area contributed by atoms with Gasteiger partial charge in [-0.15, -0.1) is 0 Å². The van der Waals surface area contributed by atoms with Gasteiger partial charge in [-0.1, -0.05) is 6.92 Å². The van der Waals surface area contributed by atoms with Crippen molar-refractivity contribution in [3.05, 3.63) is 17.9 Å². The zero-order chi connectivity index (χ0) is 14.5. The Kier molecular flexibility index (Phi) is 5.06. The van der Waals surface area contributed by atoms with Gasteiger partial charge in [-0.05, 0) is 25.2 Å². The Hall–Kier alpha value is -1.49. The van der Waals surface area contributed by atoms with E-state index in [1.807, 2.05) is 6.92 Å². The summed E-state index contributed by atoms with van der Waals surface area (Å²) in [5.41, 5.74) is 7.16. The number of rotatable bonds is 5. The van der Waals surface area contributed by atoms with Gasteiger partial charge in [0.2, 0.25) is 0 Å². The van der Waals surface area contributed by atoms with Gasteiger partial charge in [0.15, 0.2) is 11.6 Å². The summed E-state index contributed by atoms with van der Waals surface area (Å²) in [4.78, 5) is 2.11. The van der Waals surface area contributed by atoms with Crippen LogP contribution in [0.25, 0.3) is 0 Å². The predicted molar refractivity (Wildman–Crippen MR) is 78.6 cm³/mol. The van der Waals surface area contributed by atoms with Crippen molar-refractivity contribution in [3.63, 3.8) is 0 Å². The van der Waals surface area contributed by atoms with Gasteiger partial charge in [0.25, 0.3) is 0 Å². The molecule has 1 heterocycles. The first-order valence-electron chi connectivity index (χ1n) is 7.23. The number of nitrogens with two attached hydrogens (primary N) is 1. The molecular formula is C15H23FN2O2. The summed E-state index contributed by atoms with van der Waals surface area (Å²) in [6.45, 7) is 4.27. The second-order valence-corrected chi connectivity index (χ2v) is 5.33. The molecule has 0 bridgehead atoms. The van der Waals surface area contributed by atoms with E-state index in [0.29, 0.717) is 12.3 Å². The zero-order valence-electron chi connectivity index (χ0n) is 11.9. The fraction of sp³-hybridized carbons (Fsp3) is 0.600. The highest BCUT2D eigenvalue weighted by Gasteiger charge is 2.22. The third-order valence-electron chi connectivity index (χ3n) is 3.66. The number of nitrogens with zero attached hydrogens (tertiary/aromatic N) is 1. The molecule has 0 saturated carbocycles. The summed E-state index contributed by atoms with van der Waals surface area (Å²) in [6.07, 6.45) is 2.86. The van der Waals surface area contributed by atoms with Gasteiger partial charge in [-0.3, -0.25) is 0 Å². The number of nitrogen functional groups attached to an aromatic ring is 1. The van der Waals surface area contributed by atoms with E-state index in [0.717, 1.165) is 38.0 Å². The van der Waals surface area contributed by atoms with Crippen molar-refractivity contribution < 1.29 is 14.2 Å². The first-order chi connectivity index (χ1) is 9.65. The molecule has 0 aromatic heterocycles. The maximum absolute atomic E-state index is 13.8. The van der Waals surface area contributed by atoms with Crippen molar-refractivity contribution in [2.24, 2.45) is 5.92 Å². The minimum absolute atomic E-state index is 0.177. The molecule has 0 radical (unpaired) electrons. The van der Waals surface area contributed by atoms with Crippen LogP contribution in [0.4, 0.5) is 15.8 Å². The van der Waals surface area contributed by atoms with E-state index in [9.17, 15) is 9.50 Å². The average molecular weight is 282 g/mol. The summed E-state index contributed by atoms with van der Waals surface area (Å²) < 4.78 is 19.2. The number of aliphatic hydroxyl groups excluding tert-OH is 1. The number of hydrogen-bond donors (Lipinski definition) is 2. The topological polar surface area (TPSA) is 58.7 Å². The number of halogens is 1. The Balaban J connectivity index is 2.21. The minimum atomic E-state index is -0.421. The SMILES string of the molecule is CCCOc1cc(N2CCCC(CO)C2)c(N)cc1F. The smallest absolute Gasteiger partial charge is 0.167 e. The summed E-state index contributed by atoms with van der Waals surface area (Å²) >= 11 is 0. The van der Waals surface area contributed by atoms with Crippen molar-refractivity contribution >= 4 is 11.4 Å². The van der Waals surface area contributed by atoms with Crippen molar-refractivity contribution in [3.8, 4) is 5.75 Å². The van der Waals surface area contributed by atoms with Gasteiger partial charge in [-0.25, -0.2) is 4.39 Å². The maximum atomic E-state index is 13.8. The molecule has 0 spiro atoms. The van der Waals surface area contributed by atoms with E-state index in [-0.39, 0.29) is 18.3 Å². The van der Waals surface area contributed by atoms with Gasteiger partial charge in [0.05, 0.1) is 18.0 Å². The van der Waals surface area contributed by atoms with Crippen LogP contribution in [0.2, 0.25) is 0 Å². The van der Waals surface area contributed by atoms with Gasteiger partial charge in [-0.2, -0.15) is 0 Å². The molecule has 20 heavy (non-hydrogen) atoms. The lowest BCUT2D eigenvalue weighted by molar-refractivity contribution is 0.208. The summed E-state index contributed by atoms with van der Waals surface area (Å²) in [5.74, 6) is 0.0887. The third-order valence-corrected chi connectivity index (χ3v) is 3.66. The lowest BCUT2D eigenvalue weighted by Gasteiger charge is -2.34. The molecular weight excluding hydrogens is 259 g/mol. The summed E-state index contributed by atoms with van der Waals surface area (Å²) in [7, 11) is 0. The van der Waals surface area contributed by atoms with Crippen LogP contribution >= 0.6 is 0 Å². The number of aliphatic hydroxyl groups is 1. The van der Waals surface area contributed by atoms with Crippen LogP contribution in [-0.2, 0) is 0 Å². The molecule has 1 aliphatic heterocycles. The highest BCUT2D eigenvalue weighted by molar-refractivity contribution is 5.70. The molecule has 5 heteroatoms. The lowest BCUT2D eigenvalue weighted by atomic mass is 9.98. The quantitative estimate of drug-likeness (QED) is 0.814. The molecule has 2 rings (SSSR count). The Labute approximate surface area is 119 Å². The largest absolute Gasteiger partial charge is 0.490 e. The predicted octanol–water partition coefficient (Wildman–Crippen LogP) is 2.41. The number of benzene rings is 1. The fourth-order valence-corrected chi connectivity index (χ4v) is 2.59. The second kappa shape index (κ2) is 6.79. The molecule has 1 aliphatic rings. The minimum Gasteiger partial charge on any atom is -0.490 e. The van der Waals surface area contributed by atoms with Crippen molar-refractivity contribution in [1.29, 1.82) is 0 Å². The summed E-state index contributed by atoms with van der Waals surface area (Å²) in [6, 6.07) is 3.00. The first-order valence-corrected chi connectivity index (χ1v) is 7.23. The number of piperidine rings is 1. The molecule has 0 aliphatic carbocycles. The molecule has 1 aromatic rings. The van der Waals surface area contributed by atoms with Crippen LogP contribution in [0.15, 0.2) is 12.1 Å². The number of anilines is 2. The van der Waals surface area contributed by atoms with E-state index >= 15 is 0 Å². The van der Waals surface area contributed by atoms with Crippen molar-refractivity contribution in [2.45, 2.75) is 26.2 Å². The molecule has 1 atom stereocenters. The molecule has 112 valence electrons. The van der Waals surface area contributed by atoms with E-state index in [1.165, 1.54) is 6.07 Å². The first kappa shape index (κ1) is 14.9. The van der Waals surface area contributed by atoms with Crippen LogP contribution in [0.3, 0.4) is 0 Å². The van der Waals surface area contributed by atoms with Crippen molar-refractivity contribution in [2.75, 3.05) is 36.9 Å². The van der Waals surface area contributed by atoms with Crippen molar-refractivity contribution in [1.82, 2.24) is 0 Å². The number of hydrogen-bond acceptors (Lipinski definition) is 4. The Bertz CT molecular complexity index is 454. The van der Waals surface area contributed by atoms with Crippen LogP contribution in [0.1, 0.15) is 26.2 Å². The maximum Gasteiger partial charge on any atom is 0.167 e. The molecule has 1 saturated heterocycles. The lowest BCUT2D eigenvalue weighted by Crippen LogP contribution is -2.37. The molecule has 0 amide bonds. The van der Waals surface area contributed by atoms with E-state index in [2.05, 4.69) is 4.90 Å². The Morgan fingerprint density at radius 2 is 2.30 bits per heavy atom. The normalized spacial score (nSPS) is 19.1. The van der Waals surface area contributed by atoms with Crippen LogP contribution in [-0.4, -0.2) is 31.4 Å². The monoisotopic (exact) mass is 282 g/mol. The van der Waals surface area contributed by atoms with Gasteiger partial charge in [0, 0.05) is 31.8 Å². The highest BCUT2D eigenvalue weighted by Crippen LogP contribution is 2.33. The molecule has 1 fully saturated rings. The highest BCUT2D eigenvalue weighted by atomic mass is 19.1. The average Bonchev–Trinajstić information content (AvgIpc) is 2.46. The molecule has 3 N–H and O–H groups in total. The van der Waals surface area contributed by atoms with Crippen LogP contribution in [0.5, 0.6) is 5.75 Å².